The van der Waals surface area contributed by atoms with Gasteiger partial charge in [0.05, 0.1) is 7.11 Å². The minimum atomic E-state index is -0.306. The zero-order chi connectivity index (χ0) is 13.7. The van der Waals surface area contributed by atoms with Crippen molar-refractivity contribution in [3.63, 3.8) is 0 Å². The molecule has 0 aliphatic rings. The summed E-state index contributed by atoms with van der Waals surface area (Å²) in [6.07, 6.45) is 0.493. The summed E-state index contributed by atoms with van der Waals surface area (Å²) < 4.78 is 4.36. The van der Waals surface area contributed by atoms with E-state index in [0.717, 1.165) is 5.02 Å². The van der Waals surface area contributed by atoms with Gasteiger partial charge in [0.15, 0.2) is 0 Å². The van der Waals surface area contributed by atoms with Gasteiger partial charge in [0.1, 0.15) is 0 Å². The molecule has 0 saturated carbocycles. The van der Waals surface area contributed by atoms with Crippen LogP contribution in [-0.4, -0.2) is 13.1 Å². The maximum Gasteiger partial charge on any atom is 1.00 e. The van der Waals surface area contributed by atoms with Gasteiger partial charge >= 0.3 is 51.4 Å². The number of benzene rings is 1. The molecule has 1 atom stereocenters. The SMILES string of the molecule is CC.Clc1ccccc1.[CH2-]C[C@@H]([CH2-])C(=O)OC.[K+]. The molecule has 0 amide bonds. The molecule has 2 nitrogen and oxygen atoms in total. The molecular formula is C14H21ClKO2-. The van der Waals surface area contributed by atoms with Crippen molar-refractivity contribution in [1.29, 1.82) is 0 Å². The molecule has 0 unspecified atom stereocenters. The van der Waals surface area contributed by atoms with Crippen molar-refractivity contribution in [1.82, 2.24) is 0 Å². The van der Waals surface area contributed by atoms with Gasteiger partial charge in [0.25, 0.3) is 5.97 Å². The second-order valence-corrected chi connectivity index (χ2v) is 3.24. The van der Waals surface area contributed by atoms with E-state index in [4.69, 9.17) is 11.6 Å². The molecule has 0 N–H and O–H groups in total. The Morgan fingerprint density at radius 3 is 1.94 bits per heavy atom. The van der Waals surface area contributed by atoms with E-state index in [1.165, 1.54) is 7.11 Å². The Kier molecular flexibility index (Phi) is 23.2. The molecule has 0 heterocycles. The topological polar surface area (TPSA) is 26.3 Å². The third kappa shape index (κ3) is 14.7. The Morgan fingerprint density at radius 2 is 1.78 bits per heavy atom. The zero-order valence-corrected chi connectivity index (χ0v) is 15.7. The van der Waals surface area contributed by atoms with Gasteiger partial charge in [-0.2, -0.15) is 6.42 Å². The number of methoxy groups -OCH3 is 1. The summed E-state index contributed by atoms with van der Waals surface area (Å²) in [5.74, 6) is -0.597. The van der Waals surface area contributed by atoms with Gasteiger partial charge in [-0.3, -0.25) is 4.79 Å². The third-order valence-electron chi connectivity index (χ3n) is 1.62. The van der Waals surface area contributed by atoms with E-state index >= 15 is 0 Å². The van der Waals surface area contributed by atoms with Gasteiger partial charge in [-0.15, -0.1) is 0 Å². The van der Waals surface area contributed by atoms with Crippen molar-refractivity contribution in [2.75, 3.05) is 7.11 Å². The van der Waals surface area contributed by atoms with Crippen molar-refractivity contribution in [2.24, 2.45) is 5.92 Å². The minimum Gasteiger partial charge on any atom is -0.471 e. The Hall–Kier alpha value is 0.616. The molecule has 98 valence electrons. The Bertz CT molecular complexity index is 278. The van der Waals surface area contributed by atoms with Crippen molar-refractivity contribution in [2.45, 2.75) is 20.3 Å². The maximum atomic E-state index is 10.4. The van der Waals surface area contributed by atoms with Crippen LogP contribution in [0, 0.1) is 19.8 Å². The molecule has 4 heteroatoms. The molecule has 0 aromatic heterocycles. The predicted molar refractivity (Wildman–Crippen MR) is 73.6 cm³/mol. The van der Waals surface area contributed by atoms with Crippen molar-refractivity contribution in [3.8, 4) is 0 Å². The number of halogens is 1. The van der Waals surface area contributed by atoms with Crippen LogP contribution in [0.1, 0.15) is 20.3 Å². The van der Waals surface area contributed by atoms with Crippen LogP contribution < -0.4 is 51.4 Å². The zero-order valence-electron chi connectivity index (χ0n) is 11.8. The molecule has 1 aromatic carbocycles. The van der Waals surface area contributed by atoms with Crippen molar-refractivity contribution >= 4 is 17.6 Å². The number of carbonyl (C=O) groups excluding carboxylic acids is 1. The molecule has 0 fully saturated rings. The normalized spacial score (nSPS) is 9.44. The number of esters is 1. The Morgan fingerprint density at radius 1 is 1.33 bits per heavy atom. The van der Waals surface area contributed by atoms with E-state index in [0.29, 0.717) is 6.42 Å². The Labute approximate surface area is 159 Å². The van der Waals surface area contributed by atoms with Gasteiger partial charge < -0.3 is 18.6 Å². The average Bonchev–Trinajstić information content (AvgIpc) is 2.40. The first-order valence-electron chi connectivity index (χ1n) is 5.52. The van der Waals surface area contributed by atoms with E-state index < -0.39 is 0 Å². The van der Waals surface area contributed by atoms with E-state index in [2.05, 4.69) is 18.6 Å². The second kappa shape index (κ2) is 17.6. The third-order valence-corrected chi connectivity index (χ3v) is 1.87. The molecule has 1 aromatic rings. The first-order valence-corrected chi connectivity index (χ1v) is 5.90. The van der Waals surface area contributed by atoms with Crippen LogP contribution in [0.5, 0.6) is 0 Å². The molecule has 1 rings (SSSR count). The van der Waals surface area contributed by atoms with Gasteiger partial charge in [-0.25, -0.2) is 0 Å². The molecule has 18 heavy (non-hydrogen) atoms. The van der Waals surface area contributed by atoms with E-state index in [1.54, 1.807) is 0 Å². The number of rotatable bonds is 2. The standard InChI is InChI=1S/C6H5Cl.C6H10O2.C2H6.K/c7-6-4-2-1-3-5-6;1-4-5(2)6(7)8-3;1-2;/h1-5H;5H,1-2,4H2,3H3;1-2H3;/q;-2;;+1/t;5-;;/m.1../s1. The van der Waals surface area contributed by atoms with Crippen LogP contribution in [0.3, 0.4) is 0 Å². The van der Waals surface area contributed by atoms with Crippen molar-refractivity contribution in [3.05, 3.63) is 49.2 Å². The maximum absolute atomic E-state index is 10.4. The summed E-state index contributed by atoms with van der Waals surface area (Å²) in [6, 6.07) is 9.44. The minimum absolute atomic E-state index is 0. The van der Waals surface area contributed by atoms with Crippen LogP contribution in [0.2, 0.25) is 5.02 Å². The van der Waals surface area contributed by atoms with Crippen LogP contribution in [0.4, 0.5) is 0 Å². The van der Waals surface area contributed by atoms with Crippen LogP contribution in [0.15, 0.2) is 30.3 Å². The molecule has 0 saturated heterocycles. The van der Waals surface area contributed by atoms with Crippen LogP contribution in [-0.2, 0) is 9.53 Å². The second-order valence-electron chi connectivity index (χ2n) is 2.80. The molecule has 0 spiro atoms. The largest absolute Gasteiger partial charge is 1.00 e. The number of hydrogen-bond donors (Lipinski definition) is 0. The van der Waals surface area contributed by atoms with Crippen LogP contribution in [0.25, 0.3) is 0 Å². The summed E-state index contributed by atoms with van der Waals surface area (Å²) in [5.41, 5.74) is 0. The van der Waals surface area contributed by atoms with E-state index in [-0.39, 0.29) is 63.3 Å². The summed E-state index contributed by atoms with van der Waals surface area (Å²) in [5, 5.41) is 0.794. The van der Waals surface area contributed by atoms with E-state index in [1.807, 2.05) is 44.2 Å². The summed E-state index contributed by atoms with van der Waals surface area (Å²) in [6.45, 7) is 11.0. The van der Waals surface area contributed by atoms with Gasteiger partial charge in [0, 0.05) is 5.02 Å². The van der Waals surface area contributed by atoms with Crippen molar-refractivity contribution < 1.29 is 60.9 Å². The van der Waals surface area contributed by atoms with Gasteiger partial charge in [-0.1, -0.05) is 49.6 Å². The molecule has 0 radical (unpaired) electrons. The molecular weight excluding hydrogens is 275 g/mol. The number of carbonyl (C=O) groups is 1. The fourth-order valence-electron chi connectivity index (χ4n) is 0.699. The summed E-state index contributed by atoms with van der Waals surface area (Å²) >= 11 is 5.54. The Balaban J connectivity index is -0.000000210. The first-order chi connectivity index (χ1) is 8.11. The first kappa shape index (κ1) is 23.7. The van der Waals surface area contributed by atoms with Gasteiger partial charge in [0.2, 0.25) is 0 Å². The molecule has 0 bridgehead atoms. The fourth-order valence-corrected chi connectivity index (χ4v) is 0.845. The van der Waals surface area contributed by atoms with Crippen LogP contribution >= 0.6 is 11.6 Å². The summed E-state index contributed by atoms with van der Waals surface area (Å²) in [7, 11) is 1.34. The number of hydrogen-bond acceptors (Lipinski definition) is 2. The number of ether oxygens (including phenoxy) is 1. The molecule has 0 aliphatic heterocycles. The van der Waals surface area contributed by atoms with E-state index in [9.17, 15) is 4.79 Å². The monoisotopic (exact) mass is 295 g/mol. The smallest absolute Gasteiger partial charge is 0.471 e. The van der Waals surface area contributed by atoms with Gasteiger partial charge in [-0.05, 0) is 12.1 Å². The quantitative estimate of drug-likeness (QED) is 0.466. The summed E-state index contributed by atoms with van der Waals surface area (Å²) in [4.78, 5) is 10.4. The fraction of sp³-hybridized carbons (Fsp3) is 0.357. The predicted octanol–water partition coefficient (Wildman–Crippen LogP) is 1.20. The molecule has 0 aliphatic carbocycles. The average molecular weight is 296 g/mol.